The Kier molecular flexibility index (Phi) is 7.62. The molecule has 0 amide bonds. The Hall–Kier alpha value is -3.61. The van der Waals surface area contributed by atoms with Crippen LogP contribution in [0.4, 0.5) is 5.82 Å². The smallest absolute Gasteiger partial charge is 0.344 e. The number of carbonyl (C=O) groups excluding carboxylic acids is 1. The number of benzene rings is 2. The first-order valence-electron chi connectivity index (χ1n) is 12.0. The number of methoxy groups -OCH3 is 1. The summed E-state index contributed by atoms with van der Waals surface area (Å²) in [6.07, 6.45) is 6.71. The average Bonchev–Trinajstić information content (AvgIpc) is 3.12. The summed E-state index contributed by atoms with van der Waals surface area (Å²) in [7, 11) is 1.63. The summed E-state index contributed by atoms with van der Waals surface area (Å²) in [6, 6.07) is 15.3. The summed E-state index contributed by atoms with van der Waals surface area (Å²) in [4.78, 5) is 22.7. The molecule has 2 aromatic heterocycles. The molecule has 0 aliphatic rings. The molecule has 0 radical (unpaired) electrons. The number of hydrogen-bond acceptors (Lipinski definition) is 6. The van der Waals surface area contributed by atoms with Gasteiger partial charge in [-0.1, -0.05) is 69.4 Å². The number of rotatable bonds is 11. The van der Waals surface area contributed by atoms with Crippen LogP contribution in [-0.4, -0.2) is 34.2 Å². The standard InChI is InChI=1S/C27H32N4O3/c1-3-4-5-6-7-12-17-34-27(32)23-24-26(30-21-15-10-9-14-20(21)29-24)31(25(23)28)18-19-13-8-11-16-22(19)33-2/h8-11,13-16H,3-7,12,17-18,28H2,1-2H3. The molecule has 178 valence electrons. The zero-order valence-electron chi connectivity index (χ0n) is 19.9. The van der Waals surface area contributed by atoms with E-state index in [2.05, 4.69) is 6.92 Å². The topological polar surface area (TPSA) is 92.3 Å². The van der Waals surface area contributed by atoms with E-state index >= 15 is 0 Å². The zero-order valence-corrected chi connectivity index (χ0v) is 19.9. The van der Waals surface area contributed by atoms with Crippen LogP contribution in [0, 0.1) is 0 Å². The second kappa shape index (κ2) is 11.0. The number of hydrogen-bond donors (Lipinski definition) is 1. The van der Waals surface area contributed by atoms with Crippen molar-refractivity contribution in [2.45, 2.75) is 52.0 Å². The Balaban J connectivity index is 1.66. The first-order valence-corrected chi connectivity index (χ1v) is 12.0. The average molecular weight is 461 g/mol. The Labute approximate surface area is 199 Å². The number of esters is 1. The lowest BCUT2D eigenvalue weighted by Crippen LogP contribution is -2.11. The van der Waals surface area contributed by atoms with Gasteiger partial charge in [-0.05, 0) is 24.6 Å². The maximum Gasteiger partial charge on any atom is 0.344 e. The van der Waals surface area contributed by atoms with Gasteiger partial charge in [-0.3, -0.25) is 0 Å². The van der Waals surface area contributed by atoms with Gasteiger partial charge in [-0.25, -0.2) is 14.8 Å². The summed E-state index contributed by atoms with van der Waals surface area (Å²) < 4.78 is 12.9. The van der Waals surface area contributed by atoms with Gasteiger partial charge >= 0.3 is 5.97 Å². The summed E-state index contributed by atoms with van der Waals surface area (Å²) in [6.45, 7) is 2.96. The largest absolute Gasteiger partial charge is 0.496 e. The van der Waals surface area contributed by atoms with Crippen LogP contribution in [0.25, 0.3) is 22.2 Å². The predicted molar refractivity (Wildman–Crippen MR) is 135 cm³/mol. The minimum atomic E-state index is -0.459. The molecule has 0 atom stereocenters. The molecule has 0 spiro atoms. The third kappa shape index (κ3) is 4.98. The Morgan fingerprint density at radius 3 is 2.38 bits per heavy atom. The molecule has 0 bridgehead atoms. The molecular formula is C27H32N4O3. The minimum Gasteiger partial charge on any atom is -0.496 e. The van der Waals surface area contributed by atoms with Crippen molar-refractivity contribution in [1.29, 1.82) is 0 Å². The lowest BCUT2D eigenvalue weighted by atomic mass is 10.1. The van der Waals surface area contributed by atoms with Crippen molar-refractivity contribution in [1.82, 2.24) is 14.5 Å². The minimum absolute atomic E-state index is 0.272. The molecule has 4 rings (SSSR count). The molecule has 2 heterocycles. The summed E-state index contributed by atoms with van der Waals surface area (Å²) in [5.41, 5.74) is 10.2. The molecule has 2 aromatic carbocycles. The van der Waals surface area contributed by atoms with Crippen LogP contribution in [0.1, 0.15) is 61.4 Å². The first kappa shape index (κ1) is 23.5. The summed E-state index contributed by atoms with van der Waals surface area (Å²) in [5.74, 6) is 0.577. The second-order valence-electron chi connectivity index (χ2n) is 8.45. The Morgan fingerprint density at radius 1 is 0.941 bits per heavy atom. The number of aromatic nitrogens is 3. The molecular weight excluding hydrogens is 428 g/mol. The van der Waals surface area contributed by atoms with Crippen LogP contribution in [0.15, 0.2) is 48.5 Å². The fraction of sp³-hybridized carbons (Fsp3) is 0.370. The number of para-hydroxylation sites is 3. The van der Waals surface area contributed by atoms with Gasteiger partial charge in [-0.15, -0.1) is 0 Å². The van der Waals surface area contributed by atoms with E-state index < -0.39 is 5.97 Å². The molecule has 7 heteroatoms. The van der Waals surface area contributed by atoms with Crippen LogP contribution in [0.2, 0.25) is 0 Å². The van der Waals surface area contributed by atoms with Gasteiger partial charge in [0.15, 0.2) is 5.65 Å². The van der Waals surface area contributed by atoms with E-state index in [0.717, 1.165) is 36.1 Å². The van der Waals surface area contributed by atoms with E-state index in [1.54, 1.807) is 7.11 Å². The Morgan fingerprint density at radius 2 is 1.62 bits per heavy atom. The molecule has 0 fully saturated rings. The van der Waals surface area contributed by atoms with Crippen LogP contribution in [0.5, 0.6) is 5.75 Å². The number of unbranched alkanes of at least 4 members (excludes halogenated alkanes) is 5. The third-order valence-electron chi connectivity index (χ3n) is 6.05. The Bertz CT molecular complexity index is 1280. The molecule has 4 aromatic rings. The van der Waals surface area contributed by atoms with Gasteiger partial charge < -0.3 is 19.8 Å². The van der Waals surface area contributed by atoms with Gasteiger partial charge in [0.1, 0.15) is 22.6 Å². The van der Waals surface area contributed by atoms with Crippen molar-refractivity contribution < 1.29 is 14.3 Å². The fourth-order valence-electron chi connectivity index (χ4n) is 4.20. The van der Waals surface area contributed by atoms with E-state index in [1.165, 1.54) is 19.3 Å². The number of fused-ring (bicyclic) bond motifs is 2. The van der Waals surface area contributed by atoms with Crippen LogP contribution in [-0.2, 0) is 11.3 Å². The molecule has 0 aliphatic carbocycles. The number of nitrogen functional groups attached to an aromatic ring is 1. The highest BCUT2D eigenvalue weighted by atomic mass is 16.5. The molecule has 7 nitrogen and oxygen atoms in total. The number of anilines is 1. The van der Waals surface area contributed by atoms with E-state index in [4.69, 9.17) is 25.2 Å². The number of nitrogens with two attached hydrogens (primary N) is 1. The van der Waals surface area contributed by atoms with Gasteiger partial charge in [0.05, 0.1) is 31.3 Å². The van der Waals surface area contributed by atoms with E-state index in [0.29, 0.717) is 35.7 Å². The molecule has 0 aliphatic heterocycles. The van der Waals surface area contributed by atoms with E-state index in [-0.39, 0.29) is 5.56 Å². The van der Waals surface area contributed by atoms with Crippen molar-refractivity contribution in [2.24, 2.45) is 0 Å². The van der Waals surface area contributed by atoms with Gasteiger partial charge in [0, 0.05) is 5.56 Å². The fourth-order valence-corrected chi connectivity index (χ4v) is 4.20. The summed E-state index contributed by atoms with van der Waals surface area (Å²) in [5, 5.41) is 0. The molecule has 0 saturated carbocycles. The van der Waals surface area contributed by atoms with E-state index in [1.807, 2.05) is 53.1 Å². The first-order chi connectivity index (χ1) is 16.6. The van der Waals surface area contributed by atoms with E-state index in [9.17, 15) is 4.79 Å². The van der Waals surface area contributed by atoms with Crippen molar-refractivity contribution in [3.8, 4) is 5.75 Å². The maximum absolute atomic E-state index is 13.1. The monoisotopic (exact) mass is 460 g/mol. The highest BCUT2D eigenvalue weighted by Gasteiger charge is 2.25. The predicted octanol–water partition coefficient (Wildman–Crippen LogP) is 5.74. The highest BCUT2D eigenvalue weighted by Crippen LogP contribution is 2.31. The van der Waals surface area contributed by atoms with Gasteiger partial charge in [-0.2, -0.15) is 0 Å². The summed E-state index contributed by atoms with van der Waals surface area (Å²) >= 11 is 0. The normalized spacial score (nSPS) is 11.2. The molecule has 34 heavy (non-hydrogen) atoms. The molecule has 2 N–H and O–H groups in total. The third-order valence-corrected chi connectivity index (χ3v) is 6.05. The highest BCUT2D eigenvalue weighted by molar-refractivity contribution is 6.08. The lowest BCUT2D eigenvalue weighted by Gasteiger charge is -2.11. The van der Waals surface area contributed by atoms with Crippen molar-refractivity contribution in [2.75, 3.05) is 19.5 Å². The van der Waals surface area contributed by atoms with Gasteiger partial charge in [0.2, 0.25) is 0 Å². The van der Waals surface area contributed by atoms with Crippen molar-refractivity contribution in [3.63, 3.8) is 0 Å². The van der Waals surface area contributed by atoms with Crippen molar-refractivity contribution >= 4 is 34.0 Å². The molecule has 0 saturated heterocycles. The van der Waals surface area contributed by atoms with Crippen LogP contribution < -0.4 is 10.5 Å². The van der Waals surface area contributed by atoms with Crippen molar-refractivity contribution in [3.05, 3.63) is 59.7 Å². The number of nitrogens with zero attached hydrogens (tertiary/aromatic N) is 3. The molecule has 0 unspecified atom stereocenters. The SMILES string of the molecule is CCCCCCCCOC(=O)c1c(N)n(Cc2ccccc2OC)c2nc3ccccc3nc12. The number of ether oxygens (including phenoxy) is 2. The second-order valence-corrected chi connectivity index (χ2v) is 8.45. The maximum atomic E-state index is 13.1. The van der Waals surface area contributed by atoms with Crippen LogP contribution in [0.3, 0.4) is 0 Å². The number of carbonyl (C=O) groups is 1. The van der Waals surface area contributed by atoms with Crippen LogP contribution >= 0.6 is 0 Å². The zero-order chi connectivity index (χ0) is 23.9. The lowest BCUT2D eigenvalue weighted by molar-refractivity contribution is 0.0501. The quantitative estimate of drug-likeness (QED) is 0.227. The van der Waals surface area contributed by atoms with Gasteiger partial charge in [0.25, 0.3) is 0 Å².